The molecule has 8 nitrogen and oxygen atoms in total. The molecule has 28 heavy (non-hydrogen) atoms. The third-order valence-electron chi connectivity index (χ3n) is 3.64. The standard InChI is InChI=1S/C16H15F3N6O2S/c1-3-28-15-21-14(26)24(7-13-20-8-23(2)22-13)16(27)25(15)6-9-4-11(18)12(19)5-10(9)17/h4-5,8H,3,6-7H2,1-2H3/i2D3. The van der Waals surface area contributed by atoms with Crippen molar-refractivity contribution < 1.29 is 17.3 Å². The minimum atomic E-state index is -2.60. The van der Waals surface area contributed by atoms with Crippen molar-refractivity contribution in [1.29, 1.82) is 0 Å². The zero-order valence-corrected chi connectivity index (χ0v) is 15.2. The first-order chi connectivity index (χ1) is 14.5. The van der Waals surface area contributed by atoms with E-state index in [0.717, 1.165) is 22.7 Å². The maximum atomic E-state index is 14.1. The summed E-state index contributed by atoms with van der Waals surface area (Å²) in [6, 6.07) is 0.976. The molecular weight excluding hydrogens is 397 g/mol. The van der Waals surface area contributed by atoms with Gasteiger partial charge in [0, 0.05) is 22.7 Å². The van der Waals surface area contributed by atoms with Gasteiger partial charge in [-0.15, -0.1) is 0 Å². The molecule has 0 fully saturated rings. The second-order valence-corrected chi connectivity index (χ2v) is 6.76. The first-order valence-corrected chi connectivity index (χ1v) is 8.88. The Kier molecular flexibility index (Phi) is 4.60. The molecule has 12 heteroatoms. The summed E-state index contributed by atoms with van der Waals surface area (Å²) in [5, 5.41) is 3.68. The molecule has 2 heterocycles. The topological polar surface area (TPSA) is 87.6 Å². The summed E-state index contributed by atoms with van der Waals surface area (Å²) in [6.07, 6.45) is 0.928. The van der Waals surface area contributed by atoms with Gasteiger partial charge >= 0.3 is 11.4 Å². The average Bonchev–Trinajstić information content (AvgIpc) is 3.15. The van der Waals surface area contributed by atoms with Gasteiger partial charge in [0.05, 0.1) is 13.1 Å². The Labute approximate surface area is 164 Å². The SMILES string of the molecule is [2H]C([2H])([2H])n1cnc(Cn2c(=O)nc(SCC)n(Cc3cc(F)c(F)cc3F)c2=O)n1. The van der Waals surface area contributed by atoms with Crippen LogP contribution in [0.3, 0.4) is 0 Å². The lowest BCUT2D eigenvalue weighted by Gasteiger charge is -2.13. The van der Waals surface area contributed by atoms with Gasteiger partial charge < -0.3 is 0 Å². The van der Waals surface area contributed by atoms with E-state index in [9.17, 15) is 22.8 Å². The second-order valence-electron chi connectivity index (χ2n) is 5.53. The van der Waals surface area contributed by atoms with Gasteiger partial charge in [0.2, 0.25) is 0 Å². The summed E-state index contributed by atoms with van der Waals surface area (Å²) >= 11 is 1.02. The van der Waals surface area contributed by atoms with Crippen molar-refractivity contribution in [1.82, 2.24) is 28.9 Å². The fourth-order valence-corrected chi connectivity index (χ4v) is 3.09. The lowest BCUT2D eigenvalue weighted by Crippen LogP contribution is -2.43. The van der Waals surface area contributed by atoms with Crippen LogP contribution in [0.25, 0.3) is 0 Å². The Morgan fingerprint density at radius 1 is 1.11 bits per heavy atom. The maximum absolute atomic E-state index is 14.1. The number of hydrogen-bond acceptors (Lipinski definition) is 6. The van der Waals surface area contributed by atoms with Gasteiger partial charge in [0.25, 0.3) is 0 Å². The number of aryl methyl sites for hydroxylation is 1. The summed E-state index contributed by atoms with van der Waals surface area (Å²) < 4.78 is 64.9. The summed E-state index contributed by atoms with van der Waals surface area (Å²) in [7, 11) is 0. The summed E-state index contributed by atoms with van der Waals surface area (Å²) in [5.74, 6) is -3.47. The molecule has 0 aliphatic carbocycles. The van der Waals surface area contributed by atoms with Crippen LogP contribution in [0.4, 0.5) is 13.2 Å². The summed E-state index contributed by atoms with van der Waals surface area (Å²) in [6.45, 7) is -1.88. The number of aromatic nitrogens is 6. The molecule has 2 aromatic heterocycles. The van der Waals surface area contributed by atoms with E-state index in [-0.39, 0.29) is 16.5 Å². The molecule has 0 aliphatic rings. The lowest BCUT2D eigenvalue weighted by molar-refractivity contribution is 0.476. The number of rotatable bonds is 6. The highest BCUT2D eigenvalue weighted by molar-refractivity contribution is 7.99. The minimum absolute atomic E-state index is 0.0427. The zero-order valence-electron chi connectivity index (χ0n) is 17.4. The molecule has 0 aliphatic heterocycles. The zero-order chi connectivity index (χ0) is 22.9. The molecule has 1 aromatic carbocycles. The minimum Gasteiger partial charge on any atom is -0.268 e. The van der Waals surface area contributed by atoms with Crippen LogP contribution < -0.4 is 11.4 Å². The van der Waals surface area contributed by atoms with E-state index >= 15 is 0 Å². The van der Waals surface area contributed by atoms with E-state index < -0.39 is 48.9 Å². The van der Waals surface area contributed by atoms with Crippen LogP contribution in [0.2, 0.25) is 0 Å². The van der Waals surface area contributed by atoms with Crippen molar-refractivity contribution in [3.05, 3.63) is 68.3 Å². The van der Waals surface area contributed by atoms with Crippen molar-refractivity contribution in [2.45, 2.75) is 25.2 Å². The molecule has 148 valence electrons. The number of hydrogen-bond donors (Lipinski definition) is 0. The van der Waals surface area contributed by atoms with Crippen LogP contribution >= 0.6 is 11.8 Å². The number of benzene rings is 1. The molecule has 3 rings (SSSR count). The van der Waals surface area contributed by atoms with E-state index in [2.05, 4.69) is 15.1 Å². The van der Waals surface area contributed by atoms with Gasteiger partial charge in [0.1, 0.15) is 12.1 Å². The molecule has 0 spiro atoms. The normalized spacial score (nSPS) is 13.2. The Balaban J connectivity index is 2.07. The lowest BCUT2D eigenvalue weighted by atomic mass is 10.2. The van der Waals surface area contributed by atoms with E-state index in [1.807, 2.05) is 0 Å². The third-order valence-corrected chi connectivity index (χ3v) is 4.50. The van der Waals surface area contributed by atoms with Crippen molar-refractivity contribution in [2.24, 2.45) is 6.98 Å². The van der Waals surface area contributed by atoms with Crippen LogP contribution in [-0.4, -0.2) is 34.6 Å². The fourth-order valence-electron chi connectivity index (χ4n) is 2.39. The molecule has 0 amide bonds. The van der Waals surface area contributed by atoms with Gasteiger partial charge in [-0.05, 0) is 11.8 Å². The predicted molar refractivity (Wildman–Crippen MR) is 94.7 cm³/mol. The maximum Gasteiger partial charge on any atom is 0.354 e. The van der Waals surface area contributed by atoms with E-state index in [1.165, 1.54) is 0 Å². The van der Waals surface area contributed by atoms with Gasteiger partial charge in [-0.1, -0.05) is 18.7 Å². The van der Waals surface area contributed by atoms with Gasteiger partial charge in [-0.25, -0.2) is 32.3 Å². The Hall–Kier alpha value is -2.89. The molecular formula is C16H15F3N6O2S. The van der Waals surface area contributed by atoms with Crippen LogP contribution in [0.1, 0.15) is 22.4 Å². The number of nitrogens with zero attached hydrogens (tertiary/aromatic N) is 6. The second kappa shape index (κ2) is 8.00. The van der Waals surface area contributed by atoms with Gasteiger partial charge in [0.15, 0.2) is 22.6 Å². The van der Waals surface area contributed by atoms with Gasteiger partial charge in [-0.3, -0.25) is 9.25 Å². The first-order valence-electron chi connectivity index (χ1n) is 9.40. The molecule has 3 aromatic rings. The quantitative estimate of drug-likeness (QED) is 0.444. The van der Waals surface area contributed by atoms with Crippen molar-refractivity contribution in [3.8, 4) is 0 Å². The average molecular weight is 415 g/mol. The van der Waals surface area contributed by atoms with E-state index in [4.69, 9.17) is 4.11 Å². The summed E-state index contributed by atoms with van der Waals surface area (Å²) in [5.41, 5.74) is -2.20. The van der Waals surface area contributed by atoms with E-state index in [1.54, 1.807) is 6.92 Å². The first kappa shape index (κ1) is 16.1. The number of halogens is 3. The van der Waals surface area contributed by atoms with Crippen LogP contribution in [-0.2, 0) is 20.1 Å². The fraction of sp³-hybridized carbons (Fsp3) is 0.312. The number of thioether (sulfide) groups is 1. The molecule has 0 unspecified atom stereocenters. The molecule has 0 saturated heterocycles. The molecule has 0 radical (unpaired) electrons. The highest BCUT2D eigenvalue weighted by Gasteiger charge is 2.18. The third kappa shape index (κ3) is 4.01. The smallest absolute Gasteiger partial charge is 0.268 e. The Morgan fingerprint density at radius 2 is 1.86 bits per heavy atom. The van der Waals surface area contributed by atoms with Crippen LogP contribution in [0.15, 0.2) is 33.2 Å². The van der Waals surface area contributed by atoms with Crippen LogP contribution in [0, 0.1) is 17.5 Å². The van der Waals surface area contributed by atoms with E-state index in [0.29, 0.717) is 27.1 Å². The van der Waals surface area contributed by atoms with Crippen molar-refractivity contribution in [3.63, 3.8) is 0 Å². The Bertz CT molecular complexity index is 1240. The van der Waals surface area contributed by atoms with Crippen molar-refractivity contribution in [2.75, 3.05) is 5.75 Å². The molecule has 0 bridgehead atoms. The summed E-state index contributed by atoms with van der Waals surface area (Å²) in [4.78, 5) is 32.9. The predicted octanol–water partition coefficient (Wildman–Crippen LogP) is 1.16. The molecule has 0 saturated carbocycles. The van der Waals surface area contributed by atoms with Crippen LogP contribution in [0.5, 0.6) is 0 Å². The highest BCUT2D eigenvalue weighted by Crippen LogP contribution is 2.17. The highest BCUT2D eigenvalue weighted by atomic mass is 32.2. The Morgan fingerprint density at radius 3 is 2.54 bits per heavy atom. The monoisotopic (exact) mass is 415 g/mol. The van der Waals surface area contributed by atoms with Crippen molar-refractivity contribution >= 4 is 11.8 Å². The molecule has 0 atom stereocenters. The van der Waals surface area contributed by atoms with Gasteiger partial charge in [-0.2, -0.15) is 10.1 Å². The largest absolute Gasteiger partial charge is 0.354 e. The molecule has 0 N–H and O–H groups in total.